The Balaban J connectivity index is 1.59. The number of carbonyl (C=O) groups excluding carboxylic acids is 2. The second-order valence-electron chi connectivity index (χ2n) is 9.12. The molecule has 0 atom stereocenters. The number of fused-ring (bicyclic) bond motifs is 1. The zero-order chi connectivity index (χ0) is 26.4. The molecule has 1 aromatic heterocycles. The fourth-order valence-corrected chi connectivity index (χ4v) is 5.75. The highest BCUT2D eigenvalue weighted by atomic mass is 35.5. The van der Waals surface area contributed by atoms with Crippen molar-refractivity contribution in [2.24, 2.45) is 0 Å². The number of H-pyrrole nitrogens is 1. The number of nitrogens with one attached hydrogen (secondary N) is 2. The number of carbonyl (C=O) groups is 2. The molecule has 6 nitrogen and oxygen atoms in total. The molecule has 0 saturated carbocycles. The quantitative estimate of drug-likeness (QED) is 0.301. The molecule has 2 saturated heterocycles. The summed E-state index contributed by atoms with van der Waals surface area (Å²) in [6, 6.07) is 8.48. The maximum Gasteiger partial charge on any atom is 0.416 e. The molecule has 37 heavy (non-hydrogen) atoms. The van der Waals surface area contributed by atoms with Gasteiger partial charge >= 0.3 is 6.18 Å². The van der Waals surface area contributed by atoms with Gasteiger partial charge < -0.3 is 5.32 Å². The molecule has 2 fully saturated rings. The van der Waals surface area contributed by atoms with Gasteiger partial charge in [-0.05, 0) is 85.1 Å². The van der Waals surface area contributed by atoms with E-state index < -0.39 is 35.1 Å². The van der Waals surface area contributed by atoms with Crippen molar-refractivity contribution >= 4 is 51.0 Å². The predicted molar refractivity (Wildman–Crippen MR) is 134 cm³/mol. The normalized spacial score (nSPS) is 19.6. The van der Waals surface area contributed by atoms with Gasteiger partial charge in [0, 0.05) is 10.4 Å². The van der Waals surface area contributed by atoms with Gasteiger partial charge in [0.25, 0.3) is 11.1 Å². The van der Waals surface area contributed by atoms with E-state index in [2.05, 4.69) is 15.5 Å². The van der Waals surface area contributed by atoms with Gasteiger partial charge in [0.05, 0.1) is 28.7 Å². The summed E-state index contributed by atoms with van der Waals surface area (Å²) in [5.74, 6) is -0.713. The molecule has 2 aromatic carbocycles. The molecule has 0 aliphatic carbocycles. The highest BCUT2D eigenvalue weighted by Gasteiger charge is 2.44. The Morgan fingerprint density at radius 1 is 1.14 bits per heavy atom. The minimum atomic E-state index is -4.69. The SMILES string of the molecule is O=C1S/C(=C(/Cc2ccc(Cl)cc2C(F)(F)F)c2ccc3[nH]ncc3c2)C(=O)N1CC1(F)CCNCC1. The molecular weight excluding hydrogens is 532 g/mol. The summed E-state index contributed by atoms with van der Waals surface area (Å²) in [6.07, 6.45) is -3.13. The van der Waals surface area contributed by atoms with Gasteiger partial charge in [-0.2, -0.15) is 18.3 Å². The maximum absolute atomic E-state index is 15.4. The summed E-state index contributed by atoms with van der Waals surface area (Å²) < 4.78 is 57.0. The number of piperidine rings is 1. The number of aromatic amines is 1. The minimum Gasteiger partial charge on any atom is -0.316 e. The summed E-state index contributed by atoms with van der Waals surface area (Å²) in [6.45, 7) is 0.455. The van der Waals surface area contributed by atoms with Crippen LogP contribution in [0.2, 0.25) is 5.02 Å². The Morgan fingerprint density at radius 2 is 1.89 bits per heavy atom. The third-order valence-electron chi connectivity index (χ3n) is 6.60. The lowest BCUT2D eigenvalue weighted by molar-refractivity contribution is -0.138. The third kappa shape index (κ3) is 5.25. The topological polar surface area (TPSA) is 78.1 Å². The number of halogens is 5. The molecular formula is C25H21ClF4N4O2S. The summed E-state index contributed by atoms with van der Waals surface area (Å²) >= 11 is 6.47. The number of hydrogen-bond donors (Lipinski definition) is 2. The largest absolute Gasteiger partial charge is 0.416 e. The predicted octanol–water partition coefficient (Wildman–Crippen LogP) is 5.98. The van der Waals surface area contributed by atoms with Crippen molar-refractivity contribution < 1.29 is 27.2 Å². The number of aromatic nitrogens is 2. The number of allylic oxidation sites excluding steroid dienone is 1. The summed E-state index contributed by atoms with van der Waals surface area (Å²) in [7, 11) is 0. The van der Waals surface area contributed by atoms with Gasteiger partial charge in [0.2, 0.25) is 0 Å². The van der Waals surface area contributed by atoms with Crippen LogP contribution in [0.5, 0.6) is 0 Å². The fraction of sp³-hybridized carbons (Fsp3) is 0.320. The minimum absolute atomic E-state index is 0.0200. The van der Waals surface area contributed by atoms with E-state index in [0.717, 1.165) is 11.0 Å². The molecule has 2 aliphatic rings. The summed E-state index contributed by atoms with van der Waals surface area (Å²) in [4.78, 5) is 27.2. The van der Waals surface area contributed by atoms with Gasteiger partial charge in [-0.3, -0.25) is 19.6 Å². The van der Waals surface area contributed by atoms with Crippen LogP contribution in [0.3, 0.4) is 0 Å². The van der Waals surface area contributed by atoms with Crippen LogP contribution in [0.1, 0.15) is 29.5 Å². The molecule has 5 rings (SSSR count). The average Bonchev–Trinajstić information content (AvgIpc) is 3.42. The van der Waals surface area contributed by atoms with E-state index in [4.69, 9.17) is 11.6 Å². The van der Waals surface area contributed by atoms with Crippen molar-refractivity contribution in [1.82, 2.24) is 20.4 Å². The summed E-state index contributed by atoms with van der Waals surface area (Å²) in [5, 5.41) is 9.77. The van der Waals surface area contributed by atoms with E-state index in [1.165, 1.54) is 12.1 Å². The molecule has 2 N–H and O–H groups in total. The Morgan fingerprint density at radius 3 is 2.62 bits per heavy atom. The first-order valence-electron chi connectivity index (χ1n) is 11.5. The van der Waals surface area contributed by atoms with E-state index in [9.17, 15) is 22.8 Å². The van der Waals surface area contributed by atoms with Gasteiger partial charge in [0.15, 0.2) is 0 Å². The van der Waals surface area contributed by atoms with Crippen molar-refractivity contribution in [2.45, 2.75) is 31.1 Å². The van der Waals surface area contributed by atoms with Crippen molar-refractivity contribution in [3.63, 3.8) is 0 Å². The number of imide groups is 1. The highest BCUT2D eigenvalue weighted by molar-refractivity contribution is 8.18. The van der Waals surface area contributed by atoms with Gasteiger partial charge in [0.1, 0.15) is 5.67 Å². The molecule has 12 heteroatoms. The lowest BCUT2D eigenvalue weighted by Crippen LogP contribution is -2.48. The maximum atomic E-state index is 15.4. The lowest BCUT2D eigenvalue weighted by atomic mass is 9.92. The summed E-state index contributed by atoms with van der Waals surface area (Å²) in [5.41, 5.74) is -1.37. The zero-order valence-corrected chi connectivity index (χ0v) is 20.9. The van der Waals surface area contributed by atoms with Gasteiger partial charge in [-0.25, -0.2) is 4.39 Å². The van der Waals surface area contributed by atoms with Crippen molar-refractivity contribution in [1.29, 1.82) is 0 Å². The van der Waals surface area contributed by atoms with Crippen LogP contribution in [-0.2, 0) is 17.4 Å². The van der Waals surface area contributed by atoms with Crippen molar-refractivity contribution in [3.8, 4) is 0 Å². The van der Waals surface area contributed by atoms with Crippen molar-refractivity contribution in [3.05, 3.63) is 69.2 Å². The average molecular weight is 553 g/mol. The van der Waals surface area contributed by atoms with Crippen LogP contribution in [0.4, 0.5) is 22.4 Å². The van der Waals surface area contributed by atoms with Gasteiger partial charge in [-0.15, -0.1) is 0 Å². The second kappa shape index (κ2) is 9.77. The standard InChI is InChI=1S/C25H21ClF4N4O2S/c26-17-3-1-15(19(11-17)25(28,29)30)10-18(14-2-4-20-16(9-14)12-32-33-20)21-22(35)34(23(36)37-21)13-24(27)5-7-31-8-6-24/h1-4,9,11-12,31H,5-8,10,13H2,(H,32,33)/b21-18-. The molecule has 3 heterocycles. The zero-order valence-electron chi connectivity index (χ0n) is 19.3. The van der Waals surface area contributed by atoms with Crippen molar-refractivity contribution in [2.75, 3.05) is 19.6 Å². The molecule has 2 amide bonds. The van der Waals surface area contributed by atoms with E-state index in [1.54, 1.807) is 24.4 Å². The number of thioether (sulfide) groups is 1. The number of nitrogens with zero attached hydrogens (tertiary/aromatic N) is 2. The second-order valence-corrected chi connectivity index (χ2v) is 10.5. The Labute approximate surface area is 218 Å². The number of benzene rings is 2. The number of rotatable bonds is 5. The Kier molecular flexibility index (Phi) is 6.80. The van der Waals surface area contributed by atoms with Crippen LogP contribution >= 0.6 is 23.4 Å². The highest BCUT2D eigenvalue weighted by Crippen LogP contribution is 2.42. The fourth-order valence-electron chi connectivity index (χ4n) is 4.64. The molecule has 0 bridgehead atoms. The van der Waals surface area contributed by atoms with Crippen LogP contribution in [-0.4, -0.2) is 51.5 Å². The molecule has 0 radical (unpaired) electrons. The van der Waals surface area contributed by atoms with E-state index in [0.29, 0.717) is 41.3 Å². The van der Waals surface area contributed by atoms with Crippen LogP contribution in [0, 0.1) is 0 Å². The first-order valence-corrected chi connectivity index (χ1v) is 12.7. The Bertz CT molecular complexity index is 1420. The molecule has 0 unspecified atom stereocenters. The smallest absolute Gasteiger partial charge is 0.316 e. The Hall–Kier alpha value is -2.89. The van der Waals surface area contributed by atoms with Crippen LogP contribution in [0.15, 0.2) is 47.5 Å². The molecule has 3 aromatic rings. The third-order valence-corrected chi connectivity index (χ3v) is 7.85. The number of amides is 2. The monoisotopic (exact) mass is 552 g/mol. The van der Waals surface area contributed by atoms with E-state index in [-0.39, 0.29) is 40.3 Å². The van der Waals surface area contributed by atoms with Gasteiger partial charge in [-0.1, -0.05) is 23.7 Å². The first-order chi connectivity index (χ1) is 17.5. The lowest BCUT2D eigenvalue weighted by Gasteiger charge is -2.32. The number of hydrogen-bond acceptors (Lipinski definition) is 5. The first kappa shape index (κ1) is 25.7. The van der Waals surface area contributed by atoms with E-state index >= 15 is 4.39 Å². The van der Waals surface area contributed by atoms with Crippen LogP contribution < -0.4 is 5.32 Å². The van der Waals surface area contributed by atoms with Crippen LogP contribution in [0.25, 0.3) is 16.5 Å². The molecule has 0 spiro atoms. The molecule has 194 valence electrons. The molecule has 2 aliphatic heterocycles. The van der Waals surface area contributed by atoms with E-state index in [1.807, 2.05) is 0 Å². The number of alkyl halides is 4.